The lowest BCUT2D eigenvalue weighted by Gasteiger charge is -2.03. The second-order valence-corrected chi connectivity index (χ2v) is 5.65. The molecule has 0 radical (unpaired) electrons. The molecule has 0 unspecified atom stereocenters. The fourth-order valence-electron chi connectivity index (χ4n) is 1.33. The molecule has 1 heterocycles. The summed E-state index contributed by atoms with van der Waals surface area (Å²) in [5.41, 5.74) is 2.59. The summed E-state index contributed by atoms with van der Waals surface area (Å²) in [7, 11) is 0. The third kappa shape index (κ3) is 2.65. The number of hydrogen-bond acceptors (Lipinski definition) is 4. The van der Waals surface area contributed by atoms with Gasteiger partial charge in [-0.3, -0.25) is 0 Å². The Balaban J connectivity index is 2.25. The van der Waals surface area contributed by atoms with Gasteiger partial charge in [-0.2, -0.15) is 5.26 Å². The van der Waals surface area contributed by atoms with E-state index in [2.05, 4.69) is 32.3 Å². The van der Waals surface area contributed by atoms with Crippen molar-refractivity contribution >= 4 is 38.1 Å². The largest absolute Gasteiger partial charge is 0.332 e. The zero-order valence-electron chi connectivity index (χ0n) is 9.41. The molecule has 0 amide bonds. The van der Waals surface area contributed by atoms with Crippen molar-refractivity contribution < 1.29 is 0 Å². The molecule has 17 heavy (non-hydrogen) atoms. The number of nitrogens with one attached hydrogen (secondary N) is 1. The molecule has 0 aliphatic heterocycles. The molecule has 2 aromatic rings. The number of halogens is 1. The molecule has 1 aromatic heterocycles. The van der Waals surface area contributed by atoms with E-state index in [4.69, 9.17) is 5.26 Å². The van der Waals surface area contributed by atoms with Gasteiger partial charge in [-0.25, -0.2) is 4.98 Å². The van der Waals surface area contributed by atoms with Gasteiger partial charge in [0, 0.05) is 15.0 Å². The van der Waals surface area contributed by atoms with Gasteiger partial charge in [-0.1, -0.05) is 0 Å². The Morgan fingerprint density at radius 1 is 1.41 bits per heavy atom. The Bertz CT molecular complexity index is 579. The third-order valence-electron chi connectivity index (χ3n) is 2.37. The average Bonchev–Trinajstić information content (AvgIpc) is 2.58. The Morgan fingerprint density at radius 2 is 2.18 bits per heavy atom. The highest BCUT2D eigenvalue weighted by Crippen LogP contribution is 2.27. The van der Waals surface area contributed by atoms with Gasteiger partial charge in [-0.05, 0) is 48.0 Å². The van der Waals surface area contributed by atoms with Gasteiger partial charge >= 0.3 is 0 Å². The summed E-state index contributed by atoms with van der Waals surface area (Å²) < 4.78 is 0.787. The first-order valence-electron chi connectivity index (χ1n) is 5.01. The van der Waals surface area contributed by atoms with E-state index in [1.165, 1.54) is 4.88 Å². The maximum Gasteiger partial charge on any atom is 0.187 e. The fourth-order valence-corrected chi connectivity index (χ4v) is 2.64. The second-order valence-electron chi connectivity index (χ2n) is 3.59. The van der Waals surface area contributed by atoms with Gasteiger partial charge in [0.25, 0.3) is 0 Å². The van der Waals surface area contributed by atoms with Crippen LogP contribution in [-0.2, 0) is 0 Å². The van der Waals surface area contributed by atoms with Gasteiger partial charge in [0.1, 0.15) is 6.07 Å². The number of nitriles is 1. The van der Waals surface area contributed by atoms with E-state index in [1.807, 2.05) is 26.0 Å². The highest BCUT2D eigenvalue weighted by atomic mass is 79.9. The molecule has 0 bridgehead atoms. The second kappa shape index (κ2) is 4.86. The molecule has 3 nitrogen and oxygen atoms in total. The maximum atomic E-state index is 8.83. The first-order valence-corrected chi connectivity index (χ1v) is 6.62. The van der Waals surface area contributed by atoms with E-state index in [-0.39, 0.29) is 0 Å². The van der Waals surface area contributed by atoms with E-state index in [0.29, 0.717) is 5.56 Å². The molecule has 0 saturated heterocycles. The Hall–Kier alpha value is -1.38. The SMILES string of the molecule is Cc1nc(Nc2ccc(C#N)c(Br)c2)sc1C. The number of benzene rings is 1. The van der Waals surface area contributed by atoms with Crippen molar-refractivity contribution in [1.29, 1.82) is 5.26 Å². The molecule has 0 aliphatic rings. The molecule has 0 spiro atoms. The maximum absolute atomic E-state index is 8.83. The molecule has 0 aliphatic carbocycles. The number of aromatic nitrogens is 1. The molecule has 0 saturated carbocycles. The molecule has 0 fully saturated rings. The number of aryl methyl sites for hydroxylation is 2. The predicted molar refractivity (Wildman–Crippen MR) is 73.7 cm³/mol. The minimum atomic E-state index is 0.627. The first kappa shape index (κ1) is 12.1. The highest BCUT2D eigenvalue weighted by molar-refractivity contribution is 9.10. The van der Waals surface area contributed by atoms with E-state index in [0.717, 1.165) is 21.0 Å². The minimum absolute atomic E-state index is 0.627. The van der Waals surface area contributed by atoms with Crippen LogP contribution in [0, 0.1) is 25.2 Å². The van der Waals surface area contributed by atoms with Crippen molar-refractivity contribution in [2.45, 2.75) is 13.8 Å². The number of anilines is 2. The Kier molecular flexibility index (Phi) is 3.46. The number of thiazole rings is 1. The van der Waals surface area contributed by atoms with E-state index >= 15 is 0 Å². The summed E-state index contributed by atoms with van der Waals surface area (Å²) >= 11 is 4.98. The molecule has 1 aromatic carbocycles. The summed E-state index contributed by atoms with van der Waals surface area (Å²) in [5.74, 6) is 0. The van der Waals surface area contributed by atoms with Gasteiger partial charge in [0.15, 0.2) is 5.13 Å². The minimum Gasteiger partial charge on any atom is -0.332 e. The predicted octanol–water partition coefficient (Wildman–Crippen LogP) is 4.14. The zero-order chi connectivity index (χ0) is 12.4. The average molecular weight is 308 g/mol. The van der Waals surface area contributed by atoms with Crippen LogP contribution in [0.3, 0.4) is 0 Å². The van der Waals surface area contributed by atoms with Crippen LogP contribution in [0.4, 0.5) is 10.8 Å². The van der Waals surface area contributed by atoms with Crippen molar-refractivity contribution in [2.24, 2.45) is 0 Å². The summed E-state index contributed by atoms with van der Waals surface area (Å²) in [6.45, 7) is 4.04. The van der Waals surface area contributed by atoms with E-state index in [1.54, 1.807) is 17.4 Å². The molecular formula is C12H10BrN3S. The lowest BCUT2D eigenvalue weighted by atomic mass is 10.2. The number of hydrogen-bond donors (Lipinski definition) is 1. The molecule has 1 N–H and O–H groups in total. The van der Waals surface area contributed by atoms with Crippen LogP contribution in [0.2, 0.25) is 0 Å². The first-order chi connectivity index (χ1) is 8.10. The van der Waals surface area contributed by atoms with Crippen molar-refractivity contribution in [3.8, 4) is 6.07 Å². The van der Waals surface area contributed by atoms with Crippen LogP contribution in [-0.4, -0.2) is 4.98 Å². The lowest BCUT2D eigenvalue weighted by molar-refractivity contribution is 1.23. The van der Waals surface area contributed by atoms with Crippen LogP contribution in [0.15, 0.2) is 22.7 Å². The third-order valence-corrected chi connectivity index (χ3v) is 4.01. The van der Waals surface area contributed by atoms with Crippen molar-refractivity contribution in [1.82, 2.24) is 4.98 Å². The molecule has 0 atom stereocenters. The Morgan fingerprint density at radius 3 is 2.71 bits per heavy atom. The summed E-state index contributed by atoms with van der Waals surface area (Å²) in [6.07, 6.45) is 0. The van der Waals surface area contributed by atoms with Crippen molar-refractivity contribution in [3.05, 3.63) is 38.8 Å². The topological polar surface area (TPSA) is 48.7 Å². The fraction of sp³-hybridized carbons (Fsp3) is 0.167. The number of nitrogens with zero attached hydrogens (tertiary/aromatic N) is 2. The van der Waals surface area contributed by atoms with E-state index in [9.17, 15) is 0 Å². The quantitative estimate of drug-likeness (QED) is 0.907. The number of rotatable bonds is 2. The molecular weight excluding hydrogens is 298 g/mol. The zero-order valence-corrected chi connectivity index (χ0v) is 11.8. The molecule has 5 heteroatoms. The van der Waals surface area contributed by atoms with Gasteiger partial charge in [-0.15, -0.1) is 11.3 Å². The van der Waals surface area contributed by atoms with Gasteiger partial charge < -0.3 is 5.32 Å². The molecule has 2 rings (SSSR count). The van der Waals surface area contributed by atoms with Crippen LogP contribution < -0.4 is 5.32 Å². The normalized spacial score (nSPS) is 10.0. The highest BCUT2D eigenvalue weighted by Gasteiger charge is 2.05. The summed E-state index contributed by atoms with van der Waals surface area (Å²) in [4.78, 5) is 5.61. The van der Waals surface area contributed by atoms with Crippen LogP contribution in [0.1, 0.15) is 16.1 Å². The summed E-state index contributed by atoms with van der Waals surface area (Å²) in [5, 5.41) is 12.9. The van der Waals surface area contributed by atoms with Crippen molar-refractivity contribution in [2.75, 3.05) is 5.32 Å². The smallest absolute Gasteiger partial charge is 0.187 e. The van der Waals surface area contributed by atoms with Gasteiger partial charge in [0.2, 0.25) is 0 Å². The monoisotopic (exact) mass is 307 g/mol. The van der Waals surface area contributed by atoms with E-state index < -0.39 is 0 Å². The Labute approximate surface area is 112 Å². The van der Waals surface area contributed by atoms with Crippen molar-refractivity contribution in [3.63, 3.8) is 0 Å². The van der Waals surface area contributed by atoms with Crippen LogP contribution in [0.25, 0.3) is 0 Å². The standard InChI is InChI=1S/C12H10BrN3S/c1-7-8(2)17-12(15-7)16-10-4-3-9(6-14)11(13)5-10/h3-5H,1-2H3,(H,15,16). The van der Waals surface area contributed by atoms with Gasteiger partial charge in [0.05, 0.1) is 11.3 Å². The lowest BCUT2D eigenvalue weighted by Crippen LogP contribution is -1.90. The summed E-state index contributed by atoms with van der Waals surface area (Å²) in [6, 6.07) is 7.64. The van der Waals surface area contributed by atoms with Crippen LogP contribution >= 0.6 is 27.3 Å². The van der Waals surface area contributed by atoms with Crippen LogP contribution in [0.5, 0.6) is 0 Å². The molecule has 86 valence electrons.